The van der Waals surface area contributed by atoms with Crippen molar-refractivity contribution in [2.24, 2.45) is 0 Å². The fraction of sp³-hybridized carbons (Fsp3) is 0.0625. The Kier molecular flexibility index (Phi) is 3.90. The summed E-state index contributed by atoms with van der Waals surface area (Å²) in [6.45, 7) is 0.413. The Morgan fingerprint density at radius 1 is 1.19 bits per heavy atom. The van der Waals surface area contributed by atoms with E-state index in [9.17, 15) is 9.18 Å². The molecular formula is C16H11ClFNOS. The van der Waals surface area contributed by atoms with Crippen LogP contribution >= 0.6 is 22.9 Å². The normalized spacial score (nSPS) is 10.8. The molecule has 0 aliphatic rings. The van der Waals surface area contributed by atoms with E-state index in [1.54, 1.807) is 11.3 Å². The molecule has 2 nitrogen and oxygen atoms in total. The lowest BCUT2D eigenvalue weighted by atomic mass is 10.1. The average Bonchev–Trinajstić information content (AvgIpc) is 2.88. The molecule has 0 spiro atoms. The van der Waals surface area contributed by atoms with Crippen molar-refractivity contribution in [1.82, 2.24) is 5.32 Å². The van der Waals surface area contributed by atoms with E-state index in [4.69, 9.17) is 11.6 Å². The molecule has 0 fully saturated rings. The van der Waals surface area contributed by atoms with Crippen LogP contribution in [-0.2, 0) is 6.54 Å². The first-order valence-electron chi connectivity index (χ1n) is 6.33. The third-order valence-electron chi connectivity index (χ3n) is 3.16. The van der Waals surface area contributed by atoms with Crippen LogP contribution < -0.4 is 5.32 Å². The van der Waals surface area contributed by atoms with Gasteiger partial charge < -0.3 is 5.32 Å². The van der Waals surface area contributed by atoms with Crippen molar-refractivity contribution in [3.63, 3.8) is 0 Å². The molecule has 0 atom stereocenters. The molecule has 1 heterocycles. The lowest BCUT2D eigenvalue weighted by Gasteiger charge is -2.05. The highest BCUT2D eigenvalue weighted by molar-refractivity contribution is 7.17. The van der Waals surface area contributed by atoms with Gasteiger partial charge in [0.25, 0.3) is 5.91 Å². The number of amides is 1. The molecule has 0 radical (unpaired) electrons. The topological polar surface area (TPSA) is 29.1 Å². The second-order valence-electron chi connectivity index (χ2n) is 4.59. The van der Waals surface area contributed by atoms with Gasteiger partial charge in [-0.05, 0) is 58.8 Å². The summed E-state index contributed by atoms with van der Waals surface area (Å²) in [5, 5.41) is 6.56. The summed E-state index contributed by atoms with van der Waals surface area (Å²) in [4.78, 5) is 12.0. The lowest BCUT2D eigenvalue weighted by molar-refractivity contribution is 0.0951. The van der Waals surface area contributed by atoms with Crippen molar-refractivity contribution in [2.45, 2.75) is 6.54 Å². The van der Waals surface area contributed by atoms with Crippen LogP contribution in [0.3, 0.4) is 0 Å². The monoisotopic (exact) mass is 319 g/mol. The first-order chi connectivity index (χ1) is 10.1. The smallest absolute Gasteiger partial charge is 0.251 e. The number of carbonyl (C=O) groups excluding carboxylic acids is 1. The zero-order chi connectivity index (χ0) is 14.8. The van der Waals surface area contributed by atoms with Crippen molar-refractivity contribution in [3.8, 4) is 0 Å². The fourth-order valence-electron chi connectivity index (χ4n) is 2.07. The Bertz CT molecular complexity index is 798. The van der Waals surface area contributed by atoms with Gasteiger partial charge >= 0.3 is 0 Å². The average molecular weight is 320 g/mol. The molecule has 106 valence electrons. The van der Waals surface area contributed by atoms with E-state index in [2.05, 4.69) is 5.32 Å². The molecule has 1 amide bonds. The number of thiophene rings is 1. The van der Waals surface area contributed by atoms with Crippen LogP contribution in [0.4, 0.5) is 4.39 Å². The van der Waals surface area contributed by atoms with Gasteiger partial charge in [0.05, 0.1) is 0 Å². The number of rotatable bonds is 3. The highest BCUT2D eigenvalue weighted by atomic mass is 35.5. The van der Waals surface area contributed by atoms with Gasteiger partial charge in [-0.25, -0.2) is 4.39 Å². The predicted octanol–water partition coefficient (Wildman–Crippen LogP) is 4.62. The minimum Gasteiger partial charge on any atom is -0.348 e. The summed E-state index contributed by atoms with van der Waals surface area (Å²) in [6, 6.07) is 11.2. The van der Waals surface area contributed by atoms with E-state index in [0.717, 1.165) is 15.6 Å². The molecule has 0 saturated heterocycles. The number of nitrogens with one attached hydrogen (secondary N) is 1. The van der Waals surface area contributed by atoms with Crippen LogP contribution in [0.1, 0.15) is 15.9 Å². The molecule has 0 unspecified atom stereocenters. The van der Waals surface area contributed by atoms with Crippen LogP contribution in [0.15, 0.2) is 47.8 Å². The molecule has 0 aliphatic carbocycles. The largest absolute Gasteiger partial charge is 0.348 e. The molecule has 1 N–H and O–H groups in total. The third kappa shape index (κ3) is 3.06. The van der Waals surface area contributed by atoms with Gasteiger partial charge in [-0.2, -0.15) is 0 Å². The Labute approximate surface area is 130 Å². The maximum atomic E-state index is 12.8. The zero-order valence-corrected chi connectivity index (χ0v) is 12.5. The number of fused-ring (bicyclic) bond motifs is 1. The highest BCUT2D eigenvalue weighted by Crippen LogP contribution is 2.28. The number of hydrogen-bond acceptors (Lipinski definition) is 2. The molecule has 0 saturated carbocycles. The van der Waals surface area contributed by atoms with Crippen molar-refractivity contribution >= 4 is 38.9 Å². The maximum absolute atomic E-state index is 12.8. The SMILES string of the molecule is O=C(NCc1csc2ccc(Cl)cc12)c1ccc(F)cc1. The standard InChI is InChI=1S/C16H11ClFNOS/c17-12-3-6-15-14(7-12)11(9-21-15)8-19-16(20)10-1-4-13(18)5-2-10/h1-7,9H,8H2,(H,19,20). The molecule has 1 aromatic heterocycles. The maximum Gasteiger partial charge on any atom is 0.251 e. The molecule has 2 aromatic carbocycles. The summed E-state index contributed by atoms with van der Waals surface area (Å²) in [6.07, 6.45) is 0. The van der Waals surface area contributed by atoms with Crippen molar-refractivity contribution in [1.29, 1.82) is 0 Å². The summed E-state index contributed by atoms with van der Waals surface area (Å²) in [5.41, 5.74) is 1.46. The van der Waals surface area contributed by atoms with Crippen LogP contribution in [0.5, 0.6) is 0 Å². The number of halogens is 2. The summed E-state index contributed by atoms with van der Waals surface area (Å²) < 4.78 is 14.0. The quantitative estimate of drug-likeness (QED) is 0.749. The first-order valence-corrected chi connectivity index (χ1v) is 7.58. The molecule has 3 aromatic rings. The molecule has 3 rings (SSSR count). The number of carbonyl (C=O) groups is 1. The Morgan fingerprint density at radius 2 is 1.95 bits per heavy atom. The number of benzene rings is 2. The Hall–Kier alpha value is -1.91. The van der Waals surface area contributed by atoms with Crippen LogP contribution in [0.25, 0.3) is 10.1 Å². The van der Waals surface area contributed by atoms with Gasteiger partial charge in [0, 0.05) is 21.8 Å². The molecule has 21 heavy (non-hydrogen) atoms. The Morgan fingerprint density at radius 3 is 2.71 bits per heavy atom. The van der Waals surface area contributed by atoms with Crippen molar-refractivity contribution in [2.75, 3.05) is 0 Å². The fourth-order valence-corrected chi connectivity index (χ4v) is 3.18. The number of hydrogen-bond donors (Lipinski definition) is 1. The predicted molar refractivity (Wildman–Crippen MR) is 84.4 cm³/mol. The molecular weight excluding hydrogens is 309 g/mol. The van der Waals surface area contributed by atoms with Gasteiger partial charge in [0.1, 0.15) is 5.82 Å². The van der Waals surface area contributed by atoms with Gasteiger partial charge in [-0.3, -0.25) is 4.79 Å². The van der Waals surface area contributed by atoms with Crippen LogP contribution in [-0.4, -0.2) is 5.91 Å². The minimum atomic E-state index is -0.356. The Balaban J connectivity index is 1.75. The van der Waals surface area contributed by atoms with E-state index in [1.165, 1.54) is 24.3 Å². The second kappa shape index (κ2) is 5.84. The zero-order valence-electron chi connectivity index (χ0n) is 10.9. The first kappa shape index (κ1) is 14.0. The summed E-state index contributed by atoms with van der Waals surface area (Å²) in [5.74, 6) is -0.582. The van der Waals surface area contributed by atoms with E-state index in [0.29, 0.717) is 17.1 Å². The van der Waals surface area contributed by atoms with E-state index in [-0.39, 0.29) is 11.7 Å². The van der Waals surface area contributed by atoms with Gasteiger partial charge in [0.15, 0.2) is 0 Å². The molecule has 0 aliphatic heterocycles. The lowest BCUT2D eigenvalue weighted by Crippen LogP contribution is -2.22. The third-order valence-corrected chi connectivity index (χ3v) is 4.41. The summed E-state index contributed by atoms with van der Waals surface area (Å²) >= 11 is 7.62. The van der Waals surface area contributed by atoms with Gasteiger partial charge in [0.2, 0.25) is 0 Å². The van der Waals surface area contributed by atoms with E-state index in [1.807, 2.05) is 23.6 Å². The highest BCUT2D eigenvalue weighted by Gasteiger charge is 2.08. The minimum absolute atomic E-state index is 0.226. The molecule has 5 heteroatoms. The van der Waals surface area contributed by atoms with Crippen molar-refractivity contribution < 1.29 is 9.18 Å². The second-order valence-corrected chi connectivity index (χ2v) is 5.94. The van der Waals surface area contributed by atoms with Crippen molar-refractivity contribution in [3.05, 3.63) is 69.8 Å². The van der Waals surface area contributed by atoms with E-state index < -0.39 is 0 Å². The van der Waals surface area contributed by atoms with Gasteiger partial charge in [-0.1, -0.05) is 11.6 Å². The summed E-state index contributed by atoms with van der Waals surface area (Å²) in [7, 11) is 0. The molecule has 0 bridgehead atoms. The van der Waals surface area contributed by atoms with Gasteiger partial charge in [-0.15, -0.1) is 11.3 Å². The van der Waals surface area contributed by atoms with Crippen LogP contribution in [0, 0.1) is 5.82 Å². The van der Waals surface area contributed by atoms with E-state index >= 15 is 0 Å². The van der Waals surface area contributed by atoms with Crippen LogP contribution in [0.2, 0.25) is 5.02 Å².